The third kappa shape index (κ3) is 7.25. The van der Waals surface area contributed by atoms with Crippen LogP contribution in [0.2, 0.25) is 0 Å². The van der Waals surface area contributed by atoms with Crippen molar-refractivity contribution in [2.24, 2.45) is 10.9 Å². The molecule has 2 saturated heterocycles. The summed E-state index contributed by atoms with van der Waals surface area (Å²) in [5.41, 5.74) is 1.28. The Hall–Kier alpha value is -1.10. The molecule has 3 rings (SSSR count). The van der Waals surface area contributed by atoms with Crippen molar-refractivity contribution in [1.29, 1.82) is 0 Å². The molecule has 8 heteroatoms. The highest BCUT2D eigenvalue weighted by Crippen LogP contribution is 2.23. The highest BCUT2D eigenvalue weighted by Gasteiger charge is 2.24. The number of guanidine groups is 1. The molecular weight excluding hydrogens is 493 g/mol. The number of hydrogen-bond donors (Lipinski definition) is 2. The number of rotatable bonds is 8. The number of nitrogens with zero attached hydrogens (tertiary/aromatic N) is 3. The van der Waals surface area contributed by atoms with Crippen LogP contribution in [0, 0.1) is 5.92 Å². The number of methoxy groups -OCH3 is 1. The number of ether oxygens (including phenoxy) is 2. The summed E-state index contributed by atoms with van der Waals surface area (Å²) in [5.74, 6) is 2.47. The van der Waals surface area contributed by atoms with Gasteiger partial charge in [0.2, 0.25) is 0 Å². The van der Waals surface area contributed by atoms with Crippen LogP contribution in [0.1, 0.15) is 24.9 Å². The van der Waals surface area contributed by atoms with Crippen molar-refractivity contribution < 1.29 is 9.47 Å². The third-order valence-corrected chi connectivity index (χ3v) is 6.05. The van der Waals surface area contributed by atoms with Crippen LogP contribution >= 0.6 is 24.0 Å². The smallest absolute Gasteiger partial charge is 0.191 e. The molecule has 2 heterocycles. The molecule has 2 aliphatic heterocycles. The van der Waals surface area contributed by atoms with Crippen LogP contribution in [0.15, 0.2) is 29.3 Å². The summed E-state index contributed by atoms with van der Waals surface area (Å²) in [5, 5.41) is 7.09. The maximum atomic E-state index is 5.56. The van der Waals surface area contributed by atoms with Gasteiger partial charge in [0.15, 0.2) is 5.96 Å². The second kappa shape index (κ2) is 13.3. The molecule has 2 atom stereocenters. The molecule has 0 bridgehead atoms. The standard InChI is InChI=1S/C22H37N5O2.HI/c1-4-26-10-9-18(17-26)15-24-22(23-2)25-16-21(27-11-13-29-14-12-27)19-5-7-20(28-3)8-6-19;/h5-8,18,21H,4,9-17H2,1-3H3,(H2,23,24,25);1H. The van der Waals surface area contributed by atoms with Crippen molar-refractivity contribution in [1.82, 2.24) is 20.4 Å². The van der Waals surface area contributed by atoms with Crippen LogP contribution in [-0.2, 0) is 4.74 Å². The predicted molar refractivity (Wildman–Crippen MR) is 133 cm³/mol. The lowest BCUT2D eigenvalue weighted by Gasteiger charge is -2.35. The predicted octanol–water partition coefficient (Wildman–Crippen LogP) is 2.19. The minimum atomic E-state index is 0. The zero-order valence-electron chi connectivity index (χ0n) is 18.6. The zero-order valence-corrected chi connectivity index (χ0v) is 20.9. The van der Waals surface area contributed by atoms with Gasteiger partial charge in [-0.1, -0.05) is 19.1 Å². The van der Waals surface area contributed by atoms with Crippen LogP contribution in [0.5, 0.6) is 5.75 Å². The van der Waals surface area contributed by atoms with Gasteiger partial charge in [0.05, 0.1) is 26.4 Å². The first-order valence-corrected chi connectivity index (χ1v) is 10.9. The van der Waals surface area contributed by atoms with Gasteiger partial charge in [0.1, 0.15) is 5.75 Å². The molecule has 2 unspecified atom stereocenters. The highest BCUT2D eigenvalue weighted by atomic mass is 127. The molecule has 0 saturated carbocycles. The summed E-state index contributed by atoms with van der Waals surface area (Å²) in [6.45, 7) is 11.0. The van der Waals surface area contributed by atoms with Crippen molar-refractivity contribution in [3.63, 3.8) is 0 Å². The lowest BCUT2D eigenvalue weighted by Crippen LogP contribution is -2.47. The van der Waals surface area contributed by atoms with E-state index in [4.69, 9.17) is 9.47 Å². The largest absolute Gasteiger partial charge is 0.497 e. The van der Waals surface area contributed by atoms with Gasteiger partial charge < -0.3 is 25.0 Å². The fourth-order valence-corrected chi connectivity index (χ4v) is 4.19. The van der Waals surface area contributed by atoms with Gasteiger partial charge in [-0.15, -0.1) is 24.0 Å². The van der Waals surface area contributed by atoms with Crippen molar-refractivity contribution in [2.75, 3.05) is 73.2 Å². The maximum absolute atomic E-state index is 5.56. The molecular formula is C22H38IN5O2. The molecule has 0 spiro atoms. The lowest BCUT2D eigenvalue weighted by atomic mass is 10.0. The molecule has 0 aliphatic carbocycles. The summed E-state index contributed by atoms with van der Waals surface area (Å²) >= 11 is 0. The minimum Gasteiger partial charge on any atom is -0.497 e. The van der Waals surface area contributed by atoms with Crippen molar-refractivity contribution in [2.45, 2.75) is 19.4 Å². The average molecular weight is 531 g/mol. The quantitative estimate of drug-likeness (QED) is 0.305. The summed E-state index contributed by atoms with van der Waals surface area (Å²) in [6, 6.07) is 8.67. The average Bonchev–Trinajstić information content (AvgIpc) is 3.25. The lowest BCUT2D eigenvalue weighted by molar-refractivity contribution is 0.0170. The number of nitrogens with one attached hydrogen (secondary N) is 2. The number of likely N-dealkylation sites (tertiary alicyclic amines) is 1. The highest BCUT2D eigenvalue weighted by molar-refractivity contribution is 14.0. The normalized spacial score (nSPS) is 21.7. The Morgan fingerprint density at radius 3 is 2.53 bits per heavy atom. The summed E-state index contributed by atoms with van der Waals surface area (Å²) in [4.78, 5) is 9.45. The molecule has 0 aromatic heterocycles. The Kier molecular flexibility index (Phi) is 11.2. The van der Waals surface area contributed by atoms with E-state index < -0.39 is 0 Å². The molecule has 30 heavy (non-hydrogen) atoms. The molecule has 2 fully saturated rings. The molecule has 0 amide bonds. The molecule has 0 radical (unpaired) electrons. The Morgan fingerprint density at radius 1 is 1.20 bits per heavy atom. The van der Waals surface area contributed by atoms with Gasteiger partial charge in [-0.3, -0.25) is 9.89 Å². The van der Waals surface area contributed by atoms with Gasteiger partial charge in [-0.2, -0.15) is 0 Å². The number of morpholine rings is 1. The van der Waals surface area contributed by atoms with E-state index in [9.17, 15) is 0 Å². The number of aliphatic imine (C=N–C) groups is 1. The van der Waals surface area contributed by atoms with Gasteiger partial charge in [0, 0.05) is 39.8 Å². The number of benzene rings is 1. The molecule has 1 aromatic rings. The molecule has 170 valence electrons. The Bertz CT molecular complexity index is 637. The molecule has 2 N–H and O–H groups in total. The molecule has 7 nitrogen and oxygen atoms in total. The molecule has 1 aromatic carbocycles. The van der Waals surface area contributed by atoms with E-state index in [1.807, 2.05) is 19.2 Å². The van der Waals surface area contributed by atoms with Crippen LogP contribution < -0.4 is 15.4 Å². The van der Waals surface area contributed by atoms with Crippen molar-refractivity contribution >= 4 is 29.9 Å². The molecule has 2 aliphatic rings. The summed E-state index contributed by atoms with van der Waals surface area (Å²) in [7, 11) is 3.55. The second-order valence-corrected chi connectivity index (χ2v) is 7.82. The first-order valence-electron chi connectivity index (χ1n) is 10.9. The van der Waals surface area contributed by atoms with E-state index in [0.717, 1.165) is 57.6 Å². The van der Waals surface area contributed by atoms with E-state index >= 15 is 0 Å². The first kappa shape index (κ1) is 25.2. The van der Waals surface area contributed by atoms with E-state index in [1.54, 1.807) is 7.11 Å². The topological polar surface area (TPSA) is 61.4 Å². The number of halogens is 1. The Balaban J connectivity index is 0.00000320. The first-order chi connectivity index (χ1) is 14.2. The second-order valence-electron chi connectivity index (χ2n) is 7.82. The van der Waals surface area contributed by atoms with Crippen LogP contribution in [-0.4, -0.2) is 88.9 Å². The van der Waals surface area contributed by atoms with Crippen LogP contribution in [0.3, 0.4) is 0 Å². The fraction of sp³-hybridized carbons (Fsp3) is 0.682. The minimum absolute atomic E-state index is 0. The van der Waals surface area contributed by atoms with Gasteiger partial charge in [-0.05, 0) is 43.1 Å². The van der Waals surface area contributed by atoms with Gasteiger partial charge in [0.25, 0.3) is 0 Å². The zero-order chi connectivity index (χ0) is 20.5. The van der Waals surface area contributed by atoms with E-state index in [2.05, 4.69) is 44.5 Å². The monoisotopic (exact) mass is 531 g/mol. The van der Waals surface area contributed by atoms with E-state index in [0.29, 0.717) is 5.92 Å². The third-order valence-electron chi connectivity index (χ3n) is 6.05. The number of hydrogen-bond acceptors (Lipinski definition) is 5. The summed E-state index contributed by atoms with van der Waals surface area (Å²) < 4.78 is 10.9. The van der Waals surface area contributed by atoms with Crippen molar-refractivity contribution in [3.8, 4) is 5.75 Å². The maximum Gasteiger partial charge on any atom is 0.191 e. The Labute approximate surface area is 198 Å². The van der Waals surface area contributed by atoms with E-state index in [1.165, 1.54) is 25.1 Å². The van der Waals surface area contributed by atoms with Crippen LogP contribution in [0.4, 0.5) is 0 Å². The van der Waals surface area contributed by atoms with Gasteiger partial charge in [-0.25, -0.2) is 0 Å². The van der Waals surface area contributed by atoms with Crippen molar-refractivity contribution in [3.05, 3.63) is 29.8 Å². The van der Waals surface area contributed by atoms with E-state index in [-0.39, 0.29) is 30.0 Å². The Morgan fingerprint density at radius 2 is 1.93 bits per heavy atom. The fourth-order valence-electron chi connectivity index (χ4n) is 4.19. The summed E-state index contributed by atoms with van der Waals surface area (Å²) in [6.07, 6.45) is 1.26. The van der Waals surface area contributed by atoms with Crippen LogP contribution in [0.25, 0.3) is 0 Å². The van der Waals surface area contributed by atoms with Gasteiger partial charge >= 0.3 is 0 Å². The SMILES string of the molecule is CCN1CCC(CNC(=NC)NCC(c2ccc(OC)cc2)N2CCOCC2)C1.I.